The second kappa shape index (κ2) is 31.8. The number of rotatable bonds is 17. The fraction of sp³-hybridized carbons (Fsp3) is 0.203. The molecule has 3 aromatic heterocycles. The zero-order valence-electron chi connectivity index (χ0n) is 48.8. The maximum Gasteiger partial charge on any atom is 0.253 e. The van der Waals surface area contributed by atoms with Gasteiger partial charge in [-0.25, -0.2) is 14.5 Å². The molecule has 2 fully saturated rings. The first-order valence-corrected chi connectivity index (χ1v) is 30.6. The molecule has 0 aliphatic carbocycles. The van der Waals surface area contributed by atoms with Gasteiger partial charge in [0.25, 0.3) is 17.7 Å². The molecule has 5 heterocycles. The van der Waals surface area contributed by atoms with E-state index in [1.807, 2.05) is 66.0 Å². The standard InChI is InChI=1S/2C25H26N6O2S.C14H11BrN4O/c2*1-26-22-16-28-24(15-21(22)29-19-7-5-4-6-18(19)25(32)27-2)30-20-9-8-17(14-23(20)33-3)31-10-12-34-13-11-31;1-16-12-8-18-13(15)7-11(12)19-10-6-4-3-5-9(10)14(20)17-2/h2*4-9,14-16H,10-13H2,2-3H3,(H,27,32)(H2,28,29,30);3-8H,2H3,(H,17,20)(H,18,19). The van der Waals surface area contributed by atoms with Crippen molar-refractivity contribution in [2.24, 2.45) is 0 Å². The first-order chi connectivity index (χ1) is 42.9. The number of carbonyl (C=O) groups excluding carboxylic acids is 3. The summed E-state index contributed by atoms with van der Waals surface area (Å²) in [7, 11) is 8.04. The number of ether oxygens (including phenoxy) is 2. The zero-order chi connectivity index (χ0) is 62.4. The number of halogens is 1. The molecule has 448 valence electrons. The van der Waals surface area contributed by atoms with Crippen LogP contribution in [-0.2, 0) is 0 Å². The van der Waals surface area contributed by atoms with Gasteiger partial charge in [-0.3, -0.25) is 29.3 Å². The van der Waals surface area contributed by atoms with Crippen molar-refractivity contribution in [2.45, 2.75) is 0 Å². The SMILES string of the molecule is [C-]#[N+]c1cnc(Br)cc1Nc1ccccc1C(=O)NC.[C-]#[N+]c1cnc(Nc2ccc(N3CCSCC3)cc2OC)cc1Nc1ccccc1C(=O)NC.[C-]#[N+]c1cnc(Nc2ccc(N3CCSCC3)cc2OC)cc1Nc1ccccc1C(=O)NC. The van der Waals surface area contributed by atoms with E-state index in [1.165, 1.54) is 18.6 Å². The number of pyridine rings is 3. The van der Waals surface area contributed by atoms with E-state index in [2.05, 4.69) is 110 Å². The Bertz CT molecular complexity index is 3730. The van der Waals surface area contributed by atoms with Crippen molar-refractivity contribution < 1.29 is 23.9 Å². The summed E-state index contributed by atoms with van der Waals surface area (Å²) in [5.41, 5.74) is 9.92. The number of hydrogen-bond acceptors (Lipinski definition) is 17. The minimum atomic E-state index is -0.211. The Kier molecular flexibility index (Phi) is 23.1. The summed E-state index contributed by atoms with van der Waals surface area (Å²) < 4.78 is 11.9. The highest BCUT2D eigenvalue weighted by molar-refractivity contribution is 9.10. The molecule has 10 rings (SSSR count). The molecule has 5 aromatic carbocycles. The lowest BCUT2D eigenvalue weighted by atomic mass is 10.1. The van der Waals surface area contributed by atoms with E-state index in [9.17, 15) is 14.4 Å². The van der Waals surface area contributed by atoms with Crippen LogP contribution in [-0.4, -0.2) is 117 Å². The van der Waals surface area contributed by atoms with Gasteiger partial charge in [-0.15, -0.1) is 0 Å². The van der Waals surface area contributed by atoms with Crippen molar-refractivity contribution in [3.05, 3.63) is 202 Å². The molecular formula is C64H63BrN16O5S2. The first-order valence-electron chi connectivity index (χ1n) is 27.5. The van der Waals surface area contributed by atoms with Crippen molar-refractivity contribution >= 4 is 143 Å². The molecule has 0 bridgehead atoms. The van der Waals surface area contributed by atoms with Gasteiger partial charge in [-0.2, -0.15) is 23.5 Å². The van der Waals surface area contributed by atoms with Gasteiger partial charge in [0.05, 0.1) is 79.1 Å². The molecule has 8 aromatic rings. The van der Waals surface area contributed by atoms with Crippen LogP contribution in [0.3, 0.4) is 0 Å². The van der Waals surface area contributed by atoms with Crippen LogP contribution in [0.1, 0.15) is 31.1 Å². The number of hydrogen-bond donors (Lipinski definition) is 8. The number of anilines is 12. The number of thioether (sulfide) groups is 2. The average molecular weight is 1280 g/mol. The van der Waals surface area contributed by atoms with Gasteiger partial charge in [0, 0.05) is 129 Å². The van der Waals surface area contributed by atoms with Crippen molar-refractivity contribution in [1.29, 1.82) is 0 Å². The Hall–Kier alpha value is -10.2. The molecule has 2 saturated heterocycles. The number of amides is 3. The van der Waals surface area contributed by atoms with Crippen LogP contribution >= 0.6 is 39.5 Å². The summed E-state index contributed by atoms with van der Waals surface area (Å²) in [6.45, 7) is 26.3. The highest BCUT2D eigenvalue weighted by atomic mass is 79.9. The quantitative estimate of drug-likeness (QED) is 0.0313. The lowest BCUT2D eigenvalue weighted by Crippen LogP contribution is -2.32. The molecule has 0 unspecified atom stereocenters. The molecule has 21 nitrogen and oxygen atoms in total. The fourth-order valence-electron chi connectivity index (χ4n) is 9.11. The Balaban J connectivity index is 0.000000177. The average Bonchev–Trinajstić information content (AvgIpc) is 3.72. The van der Waals surface area contributed by atoms with E-state index in [0.717, 1.165) is 71.9 Å². The topological polar surface area (TPSA) is 224 Å². The van der Waals surface area contributed by atoms with Gasteiger partial charge in [0.2, 0.25) is 17.1 Å². The molecule has 0 saturated carbocycles. The highest BCUT2D eigenvalue weighted by Crippen LogP contribution is 2.39. The number of aromatic nitrogens is 3. The Labute approximate surface area is 528 Å². The molecule has 24 heteroatoms. The highest BCUT2D eigenvalue weighted by Gasteiger charge is 2.19. The van der Waals surface area contributed by atoms with Gasteiger partial charge >= 0.3 is 0 Å². The maximum atomic E-state index is 12.2. The Morgan fingerprint density at radius 3 is 1.14 bits per heavy atom. The van der Waals surface area contributed by atoms with Crippen molar-refractivity contribution in [1.82, 2.24) is 30.9 Å². The molecule has 2 aliphatic heterocycles. The van der Waals surface area contributed by atoms with E-state index < -0.39 is 0 Å². The van der Waals surface area contributed by atoms with Crippen LogP contribution in [0.4, 0.5) is 85.6 Å². The lowest BCUT2D eigenvalue weighted by Gasteiger charge is -2.29. The first kappa shape index (κ1) is 63.8. The van der Waals surface area contributed by atoms with E-state index >= 15 is 0 Å². The molecule has 0 spiro atoms. The van der Waals surface area contributed by atoms with Gasteiger partial charge in [-0.05, 0) is 94.8 Å². The summed E-state index contributed by atoms with van der Waals surface area (Å²) in [5, 5.41) is 24.0. The number of carbonyl (C=O) groups is 3. The Morgan fingerprint density at radius 1 is 0.455 bits per heavy atom. The van der Waals surface area contributed by atoms with E-state index in [1.54, 1.807) is 108 Å². The molecule has 8 N–H and O–H groups in total. The third-order valence-electron chi connectivity index (χ3n) is 13.6. The predicted molar refractivity (Wildman–Crippen MR) is 360 cm³/mol. The van der Waals surface area contributed by atoms with Crippen LogP contribution < -0.4 is 61.8 Å². The van der Waals surface area contributed by atoms with Crippen molar-refractivity contribution in [3.8, 4) is 11.5 Å². The monoisotopic (exact) mass is 1280 g/mol. The number of methoxy groups -OCH3 is 2. The fourth-order valence-corrected chi connectivity index (χ4v) is 11.2. The predicted octanol–water partition coefficient (Wildman–Crippen LogP) is 13.6. The van der Waals surface area contributed by atoms with Crippen molar-refractivity contribution in [2.75, 3.05) is 121 Å². The van der Waals surface area contributed by atoms with Crippen LogP contribution in [0.15, 0.2) is 151 Å². The van der Waals surface area contributed by atoms with E-state index in [4.69, 9.17) is 29.2 Å². The minimum absolute atomic E-state index is 0.189. The third-order valence-corrected chi connectivity index (χ3v) is 15.9. The number of para-hydroxylation sites is 3. The van der Waals surface area contributed by atoms with Gasteiger partial charge in [0.1, 0.15) is 27.7 Å². The van der Waals surface area contributed by atoms with Crippen LogP contribution in [0.2, 0.25) is 0 Å². The maximum absolute atomic E-state index is 12.2. The summed E-state index contributed by atoms with van der Waals surface area (Å²) >= 11 is 7.21. The third kappa shape index (κ3) is 16.6. The minimum Gasteiger partial charge on any atom is -0.494 e. The molecule has 2 aliphatic rings. The Morgan fingerprint density at radius 2 is 0.795 bits per heavy atom. The summed E-state index contributed by atoms with van der Waals surface area (Å²) in [6, 6.07) is 38.8. The van der Waals surface area contributed by atoms with E-state index in [-0.39, 0.29) is 17.7 Å². The number of nitrogens with one attached hydrogen (secondary N) is 8. The van der Waals surface area contributed by atoms with Gasteiger partial charge < -0.3 is 61.8 Å². The molecular weight excluding hydrogens is 1220 g/mol. The normalized spacial score (nSPS) is 12.3. The van der Waals surface area contributed by atoms with Gasteiger partial charge in [-0.1, -0.05) is 36.4 Å². The van der Waals surface area contributed by atoms with Crippen LogP contribution in [0.25, 0.3) is 14.5 Å². The smallest absolute Gasteiger partial charge is 0.253 e. The summed E-state index contributed by atoms with van der Waals surface area (Å²) in [5.74, 6) is 6.41. The second-order valence-corrected chi connectivity index (χ2v) is 22.3. The molecule has 0 atom stereocenters. The second-order valence-electron chi connectivity index (χ2n) is 19.0. The summed E-state index contributed by atoms with van der Waals surface area (Å²) in [4.78, 5) is 64.4. The number of benzene rings is 5. The van der Waals surface area contributed by atoms with Crippen LogP contribution in [0.5, 0.6) is 11.5 Å². The molecule has 88 heavy (non-hydrogen) atoms. The summed E-state index contributed by atoms with van der Waals surface area (Å²) in [6.07, 6.45) is 4.49. The van der Waals surface area contributed by atoms with Crippen LogP contribution in [0, 0.1) is 19.7 Å². The van der Waals surface area contributed by atoms with Gasteiger partial charge in [0.15, 0.2) is 0 Å². The zero-order valence-corrected chi connectivity index (χ0v) is 52.0. The largest absolute Gasteiger partial charge is 0.494 e. The lowest BCUT2D eigenvalue weighted by molar-refractivity contribution is 0.0956. The number of nitrogens with zero attached hydrogens (tertiary/aromatic N) is 8. The molecule has 3 amide bonds. The van der Waals surface area contributed by atoms with E-state index in [0.29, 0.717) is 95.6 Å². The molecule has 0 radical (unpaired) electrons. The van der Waals surface area contributed by atoms with Crippen molar-refractivity contribution in [3.63, 3.8) is 0 Å².